The molecule has 0 spiro atoms. The molecule has 0 unspecified atom stereocenters. The van der Waals surface area contributed by atoms with E-state index in [1.807, 2.05) is 13.0 Å². The minimum Gasteiger partial charge on any atom is -0.299 e. The molecule has 0 radical (unpaired) electrons. The highest BCUT2D eigenvalue weighted by molar-refractivity contribution is 5.83. The third-order valence-corrected chi connectivity index (χ3v) is 2.53. The number of Topliss-reactive ketones (excluding diaryl/α,β-unsaturated/α-hetero) is 1. The molecule has 1 aliphatic rings. The second kappa shape index (κ2) is 3.70. The van der Waals surface area contributed by atoms with Gasteiger partial charge in [-0.15, -0.1) is 6.58 Å². The highest BCUT2D eigenvalue weighted by Gasteiger charge is 2.26. The number of ketones is 1. The second-order valence-corrected chi connectivity index (χ2v) is 3.46. The summed E-state index contributed by atoms with van der Waals surface area (Å²) in [7, 11) is 0. The van der Waals surface area contributed by atoms with Crippen LogP contribution in [0.3, 0.4) is 0 Å². The molecule has 1 rings (SSSR count). The summed E-state index contributed by atoms with van der Waals surface area (Å²) in [5, 5.41) is 0. The molecule has 0 aromatic heterocycles. The molecule has 1 fully saturated rings. The fourth-order valence-electron chi connectivity index (χ4n) is 1.79. The van der Waals surface area contributed by atoms with E-state index >= 15 is 0 Å². The average Bonchev–Trinajstić information content (AvgIpc) is 1.99. The lowest BCUT2D eigenvalue weighted by atomic mass is 9.80. The standard InChI is InChI=1S/C10H16O/c1-3-5-9-7-4-6-8(2)10(9)11/h3,8-9H,1,4-7H2,2H3/t8-,9+/m1/s1. The quantitative estimate of drug-likeness (QED) is 0.556. The Morgan fingerprint density at radius 1 is 1.64 bits per heavy atom. The van der Waals surface area contributed by atoms with Crippen LogP contribution in [0.15, 0.2) is 12.7 Å². The van der Waals surface area contributed by atoms with E-state index in [-0.39, 0.29) is 5.92 Å². The third kappa shape index (κ3) is 1.92. The van der Waals surface area contributed by atoms with Gasteiger partial charge in [-0.25, -0.2) is 0 Å². The minimum atomic E-state index is 0.288. The number of allylic oxidation sites excluding steroid dienone is 1. The molecule has 62 valence electrons. The molecule has 0 N–H and O–H groups in total. The van der Waals surface area contributed by atoms with Crippen molar-refractivity contribution in [2.24, 2.45) is 11.8 Å². The Balaban J connectivity index is 2.51. The highest BCUT2D eigenvalue weighted by atomic mass is 16.1. The maximum atomic E-state index is 11.5. The second-order valence-electron chi connectivity index (χ2n) is 3.46. The monoisotopic (exact) mass is 152 g/mol. The lowest BCUT2D eigenvalue weighted by molar-refractivity contribution is -0.128. The molecule has 0 aliphatic heterocycles. The van der Waals surface area contributed by atoms with Crippen LogP contribution in [0.25, 0.3) is 0 Å². The largest absolute Gasteiger partial charge is 0.299 e. The van der Waals surface area contributed by atoms with E-state index in [1.165, 1.54) is 6.42 Å². The molecule has 1 nitrogen and oxygen atoms in total. The molecular weight excluding hydrogens is 136 g/mol. The van der Waals surface area contributed by atoms with Crippen LogP contribution < -0.4 is 0 Å². The predicted molar refractivity (Wildman–Crippen MR) is 46.3 cm³/mol. The first-order valence-electron chi connectivity index (χ1n) is 4.40. The van der Waals surface area contributed by atoms with Crippen molar-refractivity contribution in [3.63, 3.8) is 0 Å². The summed E-state index contributed by atoms with van der Waals surface area (Å²) < 4.78 is 0. The van der Waals surface area contributed by atoms with Gasteiger partial charge in [0, 0.05) is 11.8 Å². The first-order chi connectivity index (χ1) is 5.25. The Morgan fingerprint density at radius 3 is 3.00 bits per heavy atom. The van der Waals surface area contributed by atoms with E-state index < -0.39 is 0 Å². The summed E-state index contributed by atoms with van der Waals surface area (Å²) >= 11 is 0. The molecule has 1 heteroatoms. The molecule has 1 saturated carbocycles. The SMILES string of the molecule is C=CC[C@H]1CCC[C@@H](C)C1=O. The van der Waals surface area contributed by atoms with Gasteiger partial charge in [0.05, 0.1) is 0 Å². The van der Waals surface area contributed by atoms with Gasteiger partial charge in [0.2, 0.25) is 0 Å². The van der Waals surface area contributed by atoms with Crippen molar-refractivity contribution >= 4 is 5.78 Å². The van der Waals surface area contributed by atoms with Gasteiger partial charge in [0.1, 0.15) is 5.78 Å². The molecule has 0 bridgehead atoms. The predicted octanol–water partition coefficient (Wildman–Crippen LogP) is 2.57. The van der Waals surface area contributed by atoms with Gasteiger partial charge in [0.25, 0.3) is 0 Å². The van der Waals surface area contributed by atoms with Gasteiger partial charge < -0.3 is 0 Å². The fourth-order valence-corrected chi connectivity index (χ4v) is 1.79. The van der Waals surface area contributed by atoms with Crippen molar-refractivity contribution in [3.05, 3.63) is 12.7 Å². The molecule has 0 aromatic carbocycles. The first-order valence-corrected chi connectivity index (χ1v) is 4.40. The van der Waals surface area contributed by atoms with E-state index in [9.17, 15) is 4.79 Å². The van der Waals surface area contributed by atoms with Gasteiger partial charge >= 0.3 is 0 Å². The summed E-state index contributed by atoms with van der Waals surface area (Å²) in [6, 6.07) is 0. The molecule has 1 aliphatic carbocycles. The Hall–Kier alpha value is -0.590. The van der Waals surface area contributed by atoms with Crippen LogP contribution in [0.4, 0.5) is 0 Å². The van der Waals surface area contributed by atoms with Crippen molar-refractivity contribution in [3.8, 4) is 0 Å². The van der Waals surface area contributed by atoms with Gasteiger partial charge in [-0.2, -0.15) is 0 Å². The Bertz CT molecular complexity index is 160. The Morgan fingerprint density at radius 2 is 2.36 bits per heavy atom. The number of hydrogen-bond donors (Lipinski definition) is 0. The fraction of sp³-hybridized carbons (Fsp3) is 0.700. The molecule has 0 heterocycles. The van der Waals surface area contributed by atoms with Gasteiger partial charge in [-0.05, 0) is 19.3 Å². The van der Waals surface area contributed by atoms with Crippen molar-refractivity contribution in [2.45, 2.75) is 32.6 Å². The summed E-state index contributed by atoms with van der Waals surface area (Å²) in [6.45, 7) is 5.70. The van der Waals surface area contributed by atoms with Crippen LogP contribution in [0.5, 0.6) is 0 Å². The molecule has 0 aromatic rings. The van der Waals surface area contributed by atoms with E-state index in [1.54, 1.807) is 0 Å². The van der Waals surface area contributed by atoms with Crippen LogP contribution in [0.2, 0.25) is 0 Å². The van der Waals surface area contributed by atoms with Gasteiger partial charge in [0.15, 0.2) is 0 Å². The lowest BCUT2D eigenvalue weighted by Crippen LogP contribution is -2.25. The lowest BCUT2D eigenvalue weighted by Gasteiger charge is -2.24. The smallest absolute Gasteiger partial charge is 0.139 e. The maximum Gasteiger partial charge on any atom is 0.139 e. The van der Waals surface area contributed by atoms with Crippen LogP contribution in [0, 0.1) is 11.8 Å². The summed E-state index contributed by atoms with van der Waals surface area (Å²) in [5.41, 5.74) is 0. The maximum absolute atomic E-state index is 11.5. The number of carbonyl (C=O) groups is 1. The van der Waals surface area contributed by atoms with Crippen molar-refractivity contribution in [1.29, 1.82) is 0 Å². The van der Waals surface area contributed by atoms with Gasteiger partial charge in [-0.3, -0.25) is 4.79 Å². The van der Waals surface area contributed by atoms with E-state index in [4.69, 9.17) is 0 Å². The summed E-state index contributed by atoms with van der Waals surface area (Å²) in [4.78, 5) is 11.5. The summed E-state index contributed by atoms with van der Waals surface area (Å²) in [6.07, 6.45) is 6.12. The first kappa shape index (κ1) is 8.51. The molecule has 0 amide bonds. The summed E-state index contributed by atoms with van der Waals surface area (Å²) in [5.74, 6) is 1.04. The van der Waals surface area contributed by atoms with Crippen LogP contribution in [-0.4, -0.2) is 5.78 Å². The zero-order valence-corrected chi connectivity index (χ0v) is 7.18. The highest BCUT2D eigenvalue weighted by Crippen LogP contribution is 2.27. The normalized spacial score (nSPS) is 31.9. The minimum absolute atomic E-state index is 0.288. The van der Waals surface area contributed by atoms with Crippen molar-refractivity contribution < 1.29 is 4.79 Å². The van der Waals surface area contributed by atoms with E-state index in [0.717, 1.165) is 19.3 Å². The third-order valence-electron chi connectivity index (χ3n) is 2.53. The number of hydrogen-bond acceptors (Lipinski definition) is 1. The zero-order valence-electron chi connectivity index (χ0n) is 7.18. The van der Waals surface area contributed by atoms with Crippen LogP contribution >= 0.6 is 0 Å². The number of rotatable bonds is 2. The molecule has 2 atom stereocenters. The molecular formula is C10H16O. The average molecular weight is 152 g/mol. The Labute approximate surface area is 68.5 Å². The van der Waals surface area contributed by atoms with Crippen LogP contribution in [0.1, 0.15) is 32.6 Å². The van der Waals surface area contributed by atoms with Crippen molar-refractivity contribution in [2.75, 3.05) is 0 Å². The van der Waals surface area contributed by atoms with Crippen molar-refractivity contribution in [1.82, 2.24) is 0 Å². The molecule has 11 heavy (non-hydrogen) atoms. The van der Waals surface area contributed by atoms with E-state index in [2.05, 4.69) is 6.58 Å². The van der Waals surface area contributed by atoms with Crippen LogP contribution in [-0.2, 0) is 4.79 Å². The Kier molecular flexibility index (Phi) is 2.86. The number of carbonyl (C=O) groups excluding carboxylic acids is 1. The topological polar surface area (TPSA) is 17.1 Å². The zero-order chi connectivity index (χ0) is 8.27. The van der Waals surface area contributed by atoms with E-state index in [0.29, 0.717) is 11.7 Å². The van der Waals surface area contributed by atoms with Gasteiger partial charge in [-0.1, -0.05) is 19.4 Å². The molecule has 0 saturated heterocycles.